The van der Waals surface area contributed by atoms with Crippen molar-refractivity contribution < 1.29 is 4.65 Å². The molecule has 0 radical (unpaired) electrons. The number of hydrogen-bond donors (Lipinski definition) is 0. The van der Waals surface area contributed by atoms with Crippen LogP contribution in [0, 0.1) is 0 Å². The van der Waals surface area contributed by atoms with Gasteiger partial charge in [0, 0.05) is 7.11 Å². The molecule has 0 bridgehead atoms. The Kier molecular flexibility index (Phi) is 3.81. The average Bonchev–Trinajstić information content (AvgIpc) is 1.68. The summed E-state index contributed by atoms with van der Waals surface area (Å²) in [5.74, 6) is 0. The van der Waals surface area contributed by atoms with Crippen LogP contribution < -0.4 is 0 Å². The van der Waals surface area contributed by atoms with E-state index in [2.05, 4.69) is 6.58 Å². The zero-order chi connectivity index (χ0) is 5.70. The second-order valence-corrected chi connectivity index (χ2v) is 1.57. The van der Waals surface area contributed by atoms with E-state index in [1.54, 1.807) is 7.11 Å². The zero-order valence-corrected chi connectivity index (χ0v) is 4.98. The van der Waals surface area contributed by atoms with Gasteiger partial charge in [0.05, 0.1) is 0 Å². The molecule has 0 atom stereocenters. The van der Waals surface area contributed by atoms with E-state index in [1.165, 1.54) is 0 Å². The molecule has 0 rings (SSSR count). The molecule has 2 heteroatoms. The van der Waals surface area contributed by atoms with Crippen LogP contribution in [0.2, 0.25) is 13.1 Å². The van der Waals surface area contributed by atoms with Crippen molar-refractivity contribution in [3.8, 4) is 0 Å². The maximum absolute atomic E-state index is 4.92. The molecule has 0 aromatic carbocycles. The van der Waals surface area contributed by atoms with Crippen LogP contribution in [0.15, 0.2) is 12.7 Å². The van der Waals surface area contributed by atoms with Crippen LogP contribution in [0.25, 0.3) is 0 Å². The first-order valence-electron chi connectivity index (χ1n) is 2.45. The summed E-state index contributed by atoms with van der Waals surface area (Å²) in [6.45, 7) is 5.92. The second kappa shape index (κ2) is 3.94. The van der Waals surface area contributed by atoms with Crippen LogP contribution in [0.3, 0.4) is 0 Å². The molecule has 0 saturated heterocycles. The Bertz CT molecular complexity index is 54.0. The molecule has 1 nitrogen and oxygen atoms in total. The van der Waals surface area contributed by atoms with Gasteiger partial charge in [0.1, 0.15) is 0 Å². The third kappa shape index (κ3) is 3.60. The first-order valence-corrected chi connectivity index (χ1v) is 2.45. The first-order chi connectivity index (χ1) is 3.31. The quantitative estimate of drug-likeness (QED) is 0.383. The van der Waals surface area contributed by atoms with Gasteiger partial charge in [-0.15, -0.1) is 6.58 Å². The Labute approximate surface area is 45.5 Å². The molecular formula is C5H11BO. The molecule has 0 aromatic rings. The normalized spacial score (nSPS) is 8.29. The van der Waals surface area contributed by atoms with Crippen LogP contribution >= 0.6 is 0 Å². The Morgan fingerprint density at radius 1 is 1.86 bits per heavy atom. The molecular weight excluding hydrogens is 86.9 g/mol. The fourth-order valence-electron chi connectivity index (χ4n) is 0.331. The predicted octanol–water partition coefficient (Wildman–Crippen LogP) is 1.44. The number of hydrogen-bond acceptors (Lipinski definition) is 1. The molecule has 0 aliphatic rings. The molecule has 40 valence electrons. The van der Waals surface area contributed by atoms with Crippen LogP contribution in [-0.2, 0) is 4.65 Å². The minimum Gasteiger partial charge on any atom is -0.438 e. The van der Waals surface area contributed by atoms with Crippen molar-refractivity contribution in [2.24, 2.45) is 0 Å². The van der Waals surface area contributed by atoms with Crippen LogP contribution in [0.5, 0.6) is 0 Å². The first kappa shape index (κ1) is 6.76. The molecule has 0 unspecified atom stereocenters. The van der Waals surface area contributed by atoms with Gasteiger partial charge >= 0.3 is 0 Å². The largest absolute Gasteiger partial charge is 0.438 e. The molecule has 0 aliphatic heterocycles. The molecule has 0 amide bonds. The lowest BCUT2D eigenvalue weighted by Gasteiger charge is -1.97. The highest BCUT2D eigenvalue weighted by Gasteiger charge is 1.99. The van der Waals surface area contributed by atoms with Gasteiger partial charge in [-0.05, 0) is 6.32 Å². The van der Waals surface area contributed by atoms with Gasteiger partial charge in [-0.3, -0.25) is 0 Å². The highest BCUT2D eigenvalue weighted by atomic mass is 16.4. The Morgan fingerprint density at radius 2 is 2.43 bits per heavy atom. The van der Waals surface area contributed by atoms with Crippen LogP contribution in [-0.4, -0.2) is 14.0 Å². The van der Waals surface area contributed by atoms with Crippen molar-refractivity contribution >= 4 is 6.92 Å². The molecule has 0 aliphatic carbocycles. The Hall–Kier alpha value is -0.235. The minimum absolute atomic E-state index is 0.331. The lowest BCUT2D eigenvalue weighted by molar-refractivity contribution is 0.427. The standard InChI is InChI=1S/C5H11BO/c1-4-5-6(2)7-3/h4H,1,5H2,2-3H3. The van der Waals surface area contributed by atoms with Crippen molar-refractivity contribution in [2.45, 2.75) is 13.1 Å². The van der Waals surface area contributed by atoms with Gasteiger partial charge in [-0.2, -0.15) is 0 Å². The summed E-state index contributed by atoms with van der Waals surface area (Å²) in [5.41, 5.74) is 0. The highest BCUT2D eigenvalue weighted by molar-refractivity contribution is 6.50. The SMILES string of the molecule is C=CCB(C)OC. The monoisotopic (exact) mass is 98.1 g/mol. The van der Waals surface area contributed by atoms with Gasteiger partial charge in [0.15, 0.2) is 0 Å². The van der Waals surface area contributed by atoms with Gasteiger partial charge < -0.3 is 4.65 Å². The van der Waals surface area contributed by atoms with Gasteiger partial charge in [-0.25, -0.2) is 0 Å². The van der Waals surface area contributed by atoms with Crippen LogP contribution in [0.1, 0.15) is 0 Å². The predicted molar refractivity (Wildman–Crippen MR) is 33.6 cm³/mol. The summed E-state index contributed by atoms with van der Waals surface area (Å²) in [5, 5.41) is 0. The van der Waals surface area contributed by atoms with Crippen molar-refractivity contribution in [3.05, 3.63) is 12.7 Å². The van der Waals surface area contributed by atoms with E-state index in [4.69, 9.17) is 4.65 Å². The van der Waals surface area contributed by atoms with Gasteiger partial charge in [0.2, 0.25) is 0 Å². The summed E-state index contributed by atoms with van der Waals surface area (Å²) in [6, 6.07) is 0. The van der Waals surface area contributed by atoms with Crippen LogP contribution in [0.4, 0.5) is 0 Å². The summed E-state index contributed by atoms with van der Waals surface area (Å²) in [6.07, 6.45) is 2.80. The average molecular weight is 98.0 g/mol. The molecule has 0 heterocycles. The molecule has 0 fully saturated rings. The van der Waals surface area contributed by atoms with E-state index in [0.717, 1.165) is 6.32 Å². The molecule has 0 spiro atoms. The Balaban J connectivity index is 2.98. The lowest BCUT2D eigenvalue weighted by Crippen LogP contribution is -2.06. The molecule has 7 heavy (non-hydrogen) atoms. The molecule has 0 aromatic heterocycles. The van der Waals surface area contributed by atoms with E-state index in [1.807, 2.05) is 12.9 Å². The number of allylic oxidation sites excluding steroid dienone is 1. The maximum atomic E-state index is 4.92. The lowest BCUT2D eigenvalue weighted by atomic mass is 9.68. The topological polar surface area (TPSA) is 9.23 Å². The Morgan fingerprint density at radius 3 is 2.57 bits per heavy atom. The summed E-state index contributed by atoms with van der Waals surface area (Å²) < 4.78 is 4.92. The van der Waals surface area contributed by atoms with Crippen molar-refractivity contribution in [3.63, 3.8) is 0 Å². The number of rotatable bonds is 3. The smallest absolute Gasteiger partial charge is 0.293 e. The second-order valence-electron chi connectivity index (χ2n) is 1.57. The van der Waals surface area contributed by atoms with Gasteiger partial charge in [0.25, 0.3) is 6.92 Å². The molecule has 0 N–H and O–H groups in total. The van der Waals surface area contributed by atoms with Crippen molar-refractivity contribution in [1.82, 2.24) is 0 Å². The fourth-order valence-corrected chi connectivity index (χ4v) is 0.331. The van der Waals surface area contributed by atoms with Gasteiger partial charge in [-0.1, -0.05) is 12.9 Å². The highest BCUT2D eigenvalue weighted by Crippen LogP contribution is 1.90. The zero-order valence-electron chi connectivity index (χ0n) is 4.98. The third-order valence-corrected chi connectivity index (χ3v) is 0.901. The van der Waals surface area contributed by atoms with E-state index < -0.39 is 0 Å². The summed E-state index contributed by atoms with van der Waals surface area (Å²) in [4.78, 5) is 0. The van der Waals surface area contributed by atoms with Crippen molar-refractivity contribution in [2.75, 3.05) is 7.11 Å². The minimum atomic E-state index is 0.331. The van der Waals surface area contributed by atoms with Crippen molar-refractivity contribution in [1.29, 1.82) is 0 Å². The summed E-state index contributed by atoms with van der Waals surface area (Å²) in [7, 11) is 1.70. The summed E-state index contributed by atoms with van der Waals surface area (Å²) >= 11 is 0. The third-order valence-electron chi connectivity index (χ3n) is 0.901. The molecule has 0 saturated carbocycles. The maximum Gasteiger partial charge on any atom is 0.293 e. The van der Waals surface area contributed by atoms with E-state index in [0.29, 0.717) is 6.92 Å². The fraction of sp³-hybridized carbons (Fsp3) is 0.600. The van der Waals surface area contributed by atoms with E-state index in [9.17, 15) is 0 Å². The van der Waals surface area contributed by atoms with E-state index in [-0.39, 0.29) is 0 Å². The van der Waals surface area contributed by atoms with E-state index >= 15 is 0 Å².